The van der Waals surface area contributed by atoms with Crippen molar-refractivity contribution >= 4 is 17.1 Å². The van der Waals surface area contributed by atoms with E-state index in [1.54, 1.807) is 10.7 Å². The second-order valence-corrected chi connectivity index (χ2v) is 4.25. The van der Waals surface area contributed by atoms with Crippen LogP contribution in [0.15, 0.2) is 48.8 Å². The van der Waals surface area contributed by atoms with E-state index in [4.69, 9.17) is 0 Å². The summed E-state index contributed by atoms with van der Waals surface area (Å²) in [6.45, 7) is 0. The van der Waals surface area contributed by atoms with Crippen molar-refractivity contribution in [3.63, 3.8) is 0 Å². The smallest absolute Gasteiger partial charge is 0.233 e. The fraction of sp³-hybridized carbons (Fsp3) is 0.0667. The highest BCUT2D eigenvalue weighted by atomic mass is 16.1. The van der Waals surface area contributed by atoms with Crippen LogP contribution in [0.3, 0.4) is 0 Å². The Morgan fingerprint density at radius 1 is 1.22 bits per heavy atom. The fourth-order valence-corrected chi connectivity index (χ4v) is 2.16. The Hall–Kier alpha value is -2.42. The van der Waals surface area contributed by atoms with E-state index in [1.807, 2.05) is 50.0 Å². The minimum atomic E-state index is 0.575. The van der Waals surface area contributed by atoms with Gasteiger partial charge in [0, 0.05) is 24.4 Å². The normalized spacial score (nSPS) is 10.7. The zero-order valence-electron chi connectivity index (χ0n) is 9.92. The predicted molar refractivity (Wildman–Crippen MR) is 70.9 cm³/mol. The standard InChI is InChI=1S/C15H11N2O/c1-17-9-13(8-16-17)14-4-2-3-12-7-11(10-18)5-6-15(12)14/h2-9H,1H3. The van der Waals surface area contributed by atoms with Gasteiger partial charge in [0.25, 0.3) is 0 Å². The van der Waals surface area contributed by atoms with Crippen LogP contribution in [0.4, 0.5) is 0 Å². The number of benzene rings is 2. The Balaban J connectivity index is 2.27. The molecule has 18 heavy (non-hydrogen) atoms. The first-order valence-electron chi connectivity index (χ1n) is 5.68. The number of fused-ring (bicyclic) bond motifs is 1. The molecule has 0 aliphatic rings. The van der Waals surface area contributed by atoms with Crippen LogP contribution in [0.5, 0.6) is 0 Å². The molecule has 3 aromatic rings. The average molecular weight is 235 g/mol. The number of aryl methyl sites for hydroxylation is 1. The SMILES string of the molecule is Cn1cc(-c2cccc3cc([C]=O)ccc23)cn1. The number of carbonyl (C=O) groups excluding carboxylic acids is 1. The summed E-state index contributed by atoms with van der Waals surface area (Å²) < 4.78 is 1.78. The van der Waals surface area contributed by atoms with Crippen molar-refractivity contribution in [2.75, 3.05) is 0 Å². The molecule has 0 fully saturated rings. The van der Waals surface area contributed by atoms with Gasteiger partial charge in [0.15, 0.2) is 0 Å². The maximum atomic E-state index is 10.7. The summed E-state index contributed by atoms with van der Waals surface area (Å²) >= 11 is 0. The highest BCUT2D eigenvalue weighted by Crippen LogP contribution is 2.28. The average Bonchev–Trinajstić information content (AvgIpc) is 2.84. The van der Waals surface area contributed by atoms with Gasteiger partial charge in [-0.2, -0.15) is 5.10 Å². The van der Waals surface area contributed by atoms with Crippen LogP contribution in [0.1, 0.15) is 5.56 Å². The Bertz CT molecular complexity index is 728. The van der Waals surface area contributed by atoms with E-state index in [0.29, 0.717) is 5.56 Å². The molecule has 87 valence electrons. The number of nitrogens with zero attached hydrogens (tertiary/aromatic N) is 2. The van der Waals surface area contributed by atoms with Gasteiger partial charge in [-0.05, 0) is 22.4 Å². The number of hydrogen-bond acceptors (Lipinski definition) is 2. The Morgan fingerprint density at radius 2 is 2.11 bits per heavy atom. The first-order valence-corrected chi connectivity index (χ1v) is 5.68. The van der Waals surface area contributed by atoms with E-state index >= 15 is 0 Å². The van der Waals surface area contributed by atoms with Crippen molar-refractivity contribution in [2.45, 2.75) is 0 Å². The largest absolute Gasteiger partial charge is 0.285 e. The van der Waals surface area contributed by atoms with Crippen LogP contribution in [0.2, 0.25) is 0 Å². The van der Waals surface area contributed by atoms with E-state index in [0.717, 1.165) is 21.9 Å². The molecule has 0 N–H and O–H groups in total. The molecular formula is C15H11N2O. The highest BCUT2D eigenvalue weighted by Gasteiger charge is 2.06. The van der Waals surface area contributed by atoms with Crippen molar-refractivity contribution in [3.05, 3.63) is 54.4 Å². The van der Waals surface area contributed by atoms with Gasteiger partial charge in [0.05, 0.1) is 6.20 Å². The molecule has 0 spiro atoms. The van der Waals surface area contributed by atoms with E-state index in [9.17, 15) is 4.79 Å². The summed E-state index contributed by atoms with van der Waals surface area (Å²) in [5.74, 6) is 0. The summed E-state index contributed by atoms with van der Waals surface area (Å²) in [6.07, 6.45) is 5.74. The third kappa shape index (κ3) is 1.70. The van der Waals surface area contributed by atoms with Gasteiger partial charge < -0.3 is 0 Å². The van der Waals surface area contributed by atoms with Gasteiger partial charge in [0.1, 0.15) is 0 Å². The number of rotatable bonds is 2. The van der Waals surface area contributed by atoms with Crippen molar-refractivity contribution in [3.8, 4) is 11.1 Å². The maximum Gasteiger partial charge on any atom is 0.233 e. The second kappa shape index (κ2) is 4.11. The number of aromatic nitrogens is 2. The topological polar surface area (TPSA) is 34.9 Å². The van der Waals surface area contributed by atoms with Gasteiger partial charge in [-0.1, -0.05) is 30.3 Å². The first kappa shape index (κ1) is 10.7. The lowest BCUT2D eigenvalue weighted by atomic mass is 9.99. The molecule has 2 aromatic carbocycles. The zero-order chi connectivity index (χ0) is 12.5. The molecule has 3 nitrogen and oxygen atoms in total. The molecule has 0 atom stereocenters. The van der Waals surface area contributed by atoms with Crippen LogP contribution in [0.25, 0.3) is 21.9 Å². The van der Waals surface area contributed by atoms with Gasteiger partial charge in [-0.25, -0.2) is 0 Å². The molecule has 0 unspecified atom stereocenters. The molecule has 3 heteroatoms. The molecule has 1 heterocycles. The zero-order valence-corrected chi connectivity index (χ0v) is 9.92. The quantitative estimate of drug-likeness (QED) is 0.684. The van der Waals surface area contributed by atoms with Crippen LogP contribution in [-0.4, -0.2) is 16.1 Å². The summed E-state index contributed by atoms with van der Waals surface area (Å²) in [7, 11) is 1.90. The number of hydrogen-bond donors (Lipinski definition) is 0. The highest BCUT2D eigenvalue weighted by molar-refractivity contribution is 5.98. The van der Waals surface area contributed by atoms with Crippen molar-refractivity contribution < 1.29 is 4.79 Å². The summed E-state index contributed by atoms with van der Waals surface area (Å²) in [5, 5.41) is 6.34. The molecule has 0 amide bonds. The van der Waals surface area contributed by atoms with Gasteiger partial charge in [0.2, 0.25) is 6.29 Å². The third-order valence-corrected chi connectivity index (χ3v) is 3.01. The maximum absolute atomic E-state index is 10.7. The molecule has 0 bridgehead atoms. The molecular weight excluding hydrogens is 224 g/mol. The Kier molecular flexibility index (Phi) is 2.45. The minimum Gasteiger partial charge on any atom is -0.285 e. The molecule has 1 aromatic heterocycles. The van der Waals surface area contributed by atoms with Crippen LogP contribution in [-0.2, 0) is 11.8 Å². The molecule has 1 radical (unpaired) electrons. The summed E-state index contributed by atoms with van der Waals surface area (Å²) in [6, 6.07) is 11.6. The summed E-state index contributed by atoms with van der Waals surface area (Å²) in [5.41, 5.74) is 2.77. The van der Waals surface area contributed by atoms with Gasteiger partial charge >= 0.3 is 0 Å². The van der Waals surface area contributed by atoms with E-state index in [1.165, 1.54) is 0 Å². The van der Waals surface area contributed by atoms with Gasteiger partial charge in [-0.15, -0.1) is 0 Å². The van der Waals surface area contributed by atoms with Crippen molar-refractivity contribution in [1.82, 2.24) is 9.78 Å². The molecule has 0 aliphatic carbocycles. The molecule has 3 rings (SSSR count). The minimum absolute atomic E-state index is 0.575. The van der Waals surface area contributed by atoms with Gasteiger partial charge in [-0.3, -0.25) is 9.48 Å². The van der Waals surface area contributed by atoms with E-state index in [-0.39, 0.29) is 0 Å². The van der Waals surface area contributed by atoms with Crippen molar-refractivity contribution in [2.24, 2.45) is 7.05 Å². The van der Waals surface area contributed by atoms with Crippen LogP contribution < -0.4 is 0 Å². The van der Waals surface area contributed by atoms with Crippen LogP contribution >= 0.6 is 0 Å². The summed E-state index contributed by atoms with van der Waals surface area (Å²) in [4.78, 5) is 10.7. The lowest BCUT2D eigenvalue weighted by Crippen LogP contribution is -1.85. The predicted octanol–water partition coefficient (Wildman–Crippen LogP) is 2.70. The lowest BCUT2D eigenvalue weighted by molar-refractivity contribution is 0.563. The Morgan fingerprint density at radius 3 is 2.83 bits per heavy atom. The third-order valence-electron chi connectivity index (χ3n) is 3.01. The van der Waals surface area contributed by atoms with Crippen LogP contribution in [0, 0.1) is 0 Å². The monoisotopic (exact) mass is 235 g/mol. The molecule has 0 saturated carbocycles. The fourth-order valence-electron chi connectivity index (χ4n) is 2.16. The second-order valence-electron chi connectivity index (χ2n) is 4.25. The first-order chi connectivity index (χ1) is 8.78. The Labute approximate surface area is 105 Å². The molecule has 0 saturated heterocycles. The lowest BCUT2D eigenvalue weighted by Gasteiger charge is -2.04. The molecule has 0 aliphatic heterocycles. The van der Waals surface area contributed by atoms with E-state index < -0.39 is 0 Å². The van der Waals surface area contributed by atoms with Crippen molar-refractivity contribution in [1.29, 1.82) is 0 Å². The van der Waals surface area contributed by atoms with E-state index in [2.05, 4.69) is 11.2 Å².